The van der Waals surface area contributed by atoms with Crippen molar-refractivity contribution in [2.24, 2.45) is 0 Å². The maximum Gasteiger partial charge on any atom is 0.274 e. The maximum atomic E-state index is 12.6. The molecule has 0 saturated carbocycles. The van der Waals surface area contributed by atoms with Crippen molar-refractivity contribution < 1.29 is 9.90 Å². The molecule has 0 saturated heterocycles. The largest absolute Gasteiger partial charge is 0.493 e. The van der Waals surface area contributed by atoms with E-state index >= 15 is 0 Å². The standard InChI is InChI=1S/C22H26N4O3/c1-4-25(17-8-5-7-15(2)13-17)11-6-10-23-20(27)19-21(28)24-18-14-16(3)9-12-26(18)22(19)29/h5,7-9,12-14,28H,4,6,10-11H2,1-3H3,(H,23,27). The minimum Gasteiger partial charge on any atom is -0.493 e. The number of anilines is 1. The quantitative estimate of drug-likeness (QED) is 0.602. The topological polar surface area (TPSA) is 86.9 Å². The second-order valence-electron chi connectivity index (χ2n) is 7.08. The Balaban J connectivity index is 1.65. The third kappa shape index (κ3) is 4.56. The highest BCUT2D eigenvalue weighted by Crippen LogP contribution is 2.16. The zero-order valence-corrected chi connectivity index (χ0v) is 17.0. The van der Waals surface area contributed by atoms with Crippen molar-refractivity contribution in [3.63, 3.8) is 0 Å². The number of fused-ring (bicyclic) bond motifs is 1. The number of aromatic hydroxyl groups is 1. The zero-order chi connectivity index (χ0) is 21.0. The Morgan fingerprint density at radius 1 is 1.21 bits per heavy atom. The molecule has 0 aliphatic rings. The molecule has 7 nitrogen and oxygen atoms in total. The molecule has 29 heavy (non-hydrogen) atoms. The summed E-state index contributed by atoms with van der Waals surface area (Å²) in [6.07, 6.45) is 2.26. The molecule has 0 spiro atoms. The van der Waals surface area contributed by atoms with E-state index in [9.17, 15) is 14.7 Å². The van der Waals surface area contributed by atoms with Gasteiger partial charge in [0, 0.05) is 31.5 Å². The Morgan fingerprint density at radius 2 is 1.97 bits per heavy atom. The summed E-state index contributed by atoms with van der Waals surface area (Å²) in [6, 6.07) is 11.7. The molecule has 0 aliphatic carbocycles. The molecule has 3 aromatic rings. The van der Waals surface area contributed by atoms with E-state index in [0.717, 1.165) is 24.3 Å². The summed E-state index contributed by atoms with van der Waals surface area (Å²) in [5.74, 6) is -1.17. The number of carbonyl (C=O) groups excluding carboxylic acids is 1. The van der Waals surface area contributed by atoms with Gasteiger partial charge in [0.2, 0.25) is 5.88 Å². The summed E-state index contributed by atoms with van der Waals surface area (Å²) in [5, 5.41) is 12.8. The first-order valence-electron chi connectivity index (χ1n) is 9.72. The van der Waals surface area contributed by atoms with Gasteiger partial charge in [-0.25, -0.2) is 0 Å². The number of benzene rings is 1. The lowest BCUT2D eigenvalue weighted by molar-refractivity contribution is 0.0948. The lowest BCUT2D eigenvalue weighted by atomic mass is 10.2. The van der Waals surface area contributed by atoms with Crippen molar-refractivity contribution in [3.05, 3.63) is 69.6 Å². The number of amides is 1. The number of hydrogen-bond acceptors (Lipinski definition) is 5. The van der Waals surface area contributed by atoms with Crippen LogP contribution in [0.1, 0.15) is 34.8 Å². The molecule has 1 amide bonds. The van der Waals surface area contributed by atoms with Crippen LogP contribution >= 0.6 is 0 Å². The van der Waals surface area contributed by atoms with Crippen LogP contribution in [0.3, 0.4) is 0 Å². The monoisotopic (exact) mass is 394 g/mol. The Kier molecular flexibility index (Phi) is 6.16. The zero-order valence-electron chi connectivity index (χ0n) is 17.0. The second kappa shape index (κ2) is 8.77. The average molecular weight is 394 g/mol. The Labute approximate surface area is 169 Å². The Hall–Kier alpha value is -3.35. The van der Waals surface area contributed by atoms with Crippen molar-refractivity contribution in [3.8, 4) is 5.88 Å². The minimum absolute atomic E-state index is 0.306. The molecule has 2 N–H and O–H groups in total. The second-order valence-corrected chi connectivity index (χ2v) is 7.08. The normalized spacial score (nSPS) is 10.9. The first-order chi connectivity index (χ1) is 13.9. The molecule has 2 heterocycles. The summed E-state index contributed by atoms with van der Waals surface area (Å²) in [4.78, 5) is 31.3. The van der Waals surface area contributed by atoms with Gasteiger partial charge < -0.3 is 15.3 Å². The van der Waals surface area contributed by atoms with Crippen LogP contribution in [0, 0.1) is 13.8 Å². The van der Waals surface area contributed by atoms with Crippen LogP contribution in [0.2, 0.25) is 0 Å². The fourth-order valence-corrected chi connectivity index (χ4v) is 3.28. The number of aryl methyl sites for hydroxylation is 2. The third-order valence-corrected chi connectivity index (χ3v) is 4.83. The highest BCUT2D eigenvalue weighted by Gasteiger charge is 2.19. The van der Waals surface area contributed by atoms with Crippen LogP contribution in [0.15, 0.2) is 47.4 Å². The Bertz CT molecular complexity index is 1090. The van der Waals surface area contributed by atoms with E-state index in [0.29, 0.717) is 18.6 Å². The van der Waals surface area contributed by atoms with Gasteiger partial charge in [-0.3, -0.25) is 14.0 Å². The number of hydrogen-bond donors (Lipinski definition) is 2. The van der Waals surface area contributed by atoms with Crippen LogP contribution in [-0.2, 0) is 0 Å². The van der Waals surface area contributed by atoms with Crippen LogP contribution < -0.4 is 15.8 Å². The number of carbonyl (C=O) groups is 1. The van der Waals surface area contributed by atoms with Gasteiger partial charge in [-0.1, -0.05) is 12.1 Å². The summed E-state index contributed by atoms with van der Waals surface area (Å²) < 4.78 is 1.26. The average Bonchev–Trinajstić information content (AvgIpc) is 2.67. The third-order valence-electron chi connectivity index (χ3n) is 4.83. The SMILES string of the molecule is CCN(CCCNC(=O)c1c(O)nc2cc(C)ccn2c1=O)c1cccc(C)c1. The molecule has 2 aromatic heterocycles. The Morgan fingerprint density at radius 3 is 2.69 bits per heavy atom. The molecule has 0 atom stereocenters. The van der Waals surface area contributed by atoms with Gasteiger partial charge in [0.1, 0.15) is 5.65 Å². The number of pyridine rings is 1. The van der Waals surface area contributed by atoms with Crippen LogP contribution in [-0.4, -0.2) is 40.0 Å². The molecule has 0 fully saturated rings. The van der Waals surface area contributed by atoms with Crippen molar-refractivity contribution >= 4 is 17.2 Å². The van der Waals surface area contributed by atoms with Crippen molar-refractivity contribution in [1.29, 1.82) is 0 Å². The molecule has 0 bridgehead atoms. The van der Waals surface area contributed by atoms with Gasteiger partial charge in [-0.05, 0) is 62.6 Å². The molecule has 1 aromatic carbocycles. The molecule has 7 heteroatoms. The van der Waals surface area contributed by atoms with Gasteiger partial charge in [0.25, 0.3) is 11.5 Å². The van der Waals surface area contributed by atoms with Crippen LogP contribution in [0.25, 0.3) is 5.65 Å². The fraction of sp³-hybridized carbons (Fsp3) is 0.318. The van der Waals surface area contributed by atoms with E-state index in [1.807, 2.05) is 13.0 Å². The van der Waals surface area contributed by atoms with Crippen LogP contribution in [0.4, 0.5) is 5.69 Å². The molecular formula is C22H26N4O3. The van der Waals surface area contributed by atoms with Gasteiger partial charge >= 0.3 is 0 Å². The first-order valence-corrected chi connectivity index (χ1v) is 9.72. The highest BCUT2D eigenvalue weighted by atomic mass is 16.3. The molecule has 3 rings (SSSR count). The van der Waals surface area contributed by atoms with Crippen LogP contribution in [0.5, 0.6) is 5.88 Å². The molecule has 0 radical (unpaired) electrons. The highest BCUT2D eigenvalue weighted by molar-refractivity contribution is 5.96. The lowest BCUT2D eigenvalue weighted by Gasteiger charge is -2.23. The van der Waals surface area contributed by atoms with Crippen molar-refractivity contribution in [1.82, 2.24) is 14.7 Å². The summed E-state index contributed by atoms with van der Waals surface area (Å²) in [7, 11) is 0. The fourth-order valence-electron chi connectivity index (χ4n) is 3.28. The number of nitrogens with one attached hydrogen (secondary N) is 1. The van der Waals surface area contributed by atoms with Crippen molar-refractivity contribution in [2.45, 2.75) is 27.2 Å². The molecule has 0 unspecified atom stereocenters. The van der Waals surface area contributed by atoms with E-state index in [2.05, 4.69) is 47.2 Å². The summed E-state index contributed by atoms with van der Waals surface area (Å²) >= 11 is 0. The summed E-state index contributed by atoms with van der Waals surface area (Å²) in [6.45, 7) is 8.01. The van der Waals surface area contributed by atoms with Gasteiger partial charge in [-0.15, -0.1) is 0 Å². The van der Waals surface area contributed by atoms with E-state index in [1.165, 1.54) is 9.96 Å². The molecule has 152 valence electrons. The smallest absolute Gasteiger partial charge is 0.274 e. The number of aromatic nitrogens is 2. The van der Waals surface area contributed by atoms with E-state index in [1.54, 1.807) is 18.3 Å². The van der Waals surface area contributed by atoms with E-state index in [4.69, 9.17) is 0 Å². The van der Waals surface area contributed by atoms with E-state index in [-0.39, 0.29) is 5.56 Å². The lowest BCUT2D eigenvalue weighted by Crippen LogP contribution is -2.34. The maximum absolute atomic E-state index is 12.6. The predicted molar refractivity (Wildman–Crippen MR) is 114 cm³/mol. The summed E-state index contributed by atoms with van der Waals surface area (Å²) in [5.41, 5.74) is 2.63. The molecular weight excluding hydrogens is 368 g/mol. The van der Waals surface area contributed by atoms with E-state index < -0.39 is 17.3 Å². The number of nitrogens with zero attached hydrogens (tertiary/aromatic N) is 3. The minimum atomic E-state index is -0.617. The molecule has 0 aliphatic heterocycles. The number of rotatable bonds is 7. The van der Waals surface area contributed by atoms with Crippen molar-refractivity contribution in [2.75, 3.05) is 24.5 Å². The van der Waals surface area contributed by atoms with Gasteiger partial charge in [0.15, 0.2) is 5.56 Å². The first kappa shape index (κ1) is 20.4. The predicted octanol–water partition coefficient (Wildman–Crippen LogP) is 2.66. The van der Waals surface area contributed by atoms with Gasteiger partial charge in [-0.2, -0.15) is 4.98 Å². The van der Waals surface area contributed by atoms with Gasteiger partial charge in [0.05, 0.1) is 0 Å².